The molecule has 0 aromatic heterocycles. The molecule has 0 aliphatic heterocycles. The first-order valence-electron chi connectivity index (χ1n) is 3.90. The Labute approximate surface area is 73.8 Å². The van der Waals surface area contributed by atoms with Gasteiger partial charge >= 0.3 is 0 Å². The molecule has 0 aliphatic carbocycles. The highest BCUT2D eigenvalue weighted by atomic mass is 32.2. The summed E-state index contributed by atoms with van der Waals surface area (Å²) in [5, 5.41) is 12.6. The normalized spacial score (nSPS) is 15.0. The molecule has 0 fully saturated rings. The van der Waals surface area contributed by atoms with Crippen LogP contribution < -0.4 is 5.32 Å². The van der Waals surface area contributed by atoms with Gasteiger partial charge in [0.2, 0.25) is 0 Å². The maximum Gasteiger partial charge on any atom is 0.0715 e. The first kappa shape index (κ1) is 11.3. The van der Waals surface area contributed by atoms with Gasteiger partial charge in [0.15, 0.2) is 0 Å². The van der Waals surface area contributed by atoms with Gasteiger partial charge in [0.25, 0.3) is 0 Å². The highest BCUT2D eigenvalue weighted by molar-refractivity contribution is 7.98. The largest absolute Gasteiger partial charge is 0.389 e. The molecule has 11 heavy (non-hydrogen) atoms. The van der Waals surface area contributed by atoms with Crippen LogP contribution >= 0.6 is 11.8 Å². The second kappa shape index (κ2) is 5.01. The Balaban J connectivity index is 3.38. The summed E-state index contributed by atoms with van der Waals surface area (Å²) in [5.41, 5.74) is -0.591. The van der Waals surface area contributed by atoms with Crippen molar-refractivity contribution in [3.63, 3.8) is 0 Å². The minimum absolute atomic E-state index is 0.483. The molecule has 0 saturated carbocycles. The van der Waals surface area contributed by atoms with E-state index in [0.717, 1.165) is 5.75 Å². The number of nitrogens with one attached hydrogen (secondary N) is 1. The molecular weight excluding hydrogens is 158 g/mol. The van der Waals surface area contributed by atoms with Gasteiger partial charge in [0.05, 0.1) is 5.60 Å². The summed E-state index contributed by atoms with van der Waals surface area (Å²) in [6.45, 7) is 6.41. The third-order valence-corrected chi connectivity index (χ3v) is 2.13. The van der Waals surface area contributed by atoms with Crippen LogP contribution in [0.25, 0.3) is 0 Å². The molecule has 0 radical (unpaired) electrons. The number of thioether (sulfide) groups is 1. The molecule has 0 aliphatic rings. The van der Waals surface area contributed by atoms with Gasteiger partial charge in [-0.25, -0.2) is 0 Å². The van der Waals surface area contributed by atoms with Gasteiger partial charge in [-0.05, 0) is 27.0 Å². The van der Waals surface area contributed by atoms with Gasteiger partial charge in [-0.1, -0.05) is 0 Å². The number of aliphatic hydroxyl groups is 1. The van der Waals surface area contributed by atoms with E-state index in [1.165, 1.54) is 0 Å². The molecule has 0 saturated heterocycles. The van der Waals surface area contributed by atoms with Crippen LogP contribution in [0.3, 0.4) is 0 Å². The zero-order chi connectivity index (χ0) is 8.91. The van der Waals surface area contributed by atoms with Crippen LogP contribution in [-0.2, 0) is 0 Å². The van der Waals surface area contributed by atoms with Crippen molar-refractivity contribution in [2.24, 2.45) is 0 Å². The summed E-state index contributed by atoms with van der Waals surface area (Å²) in [6, 6.07) is 0.483. The maximum absolute atomic E-state index is 9.37. The lowest BCUT2D eigenvalue weighted by atomic mass is 10.1. The van der Waals surface area contributed by atoms with Gasteiger partial charge < -0.3 is 10.4 Å². The summed E-state index contributed by atoms with van der Waals surface area (Å²) < 4.78 is 0. The van der Waals surface area contributed by atoms with E-state index in [0.29, 0.717) is 12.6 Å². The fraction of sp³-hybridized carbons (Fsp3) is 1.00. The van der Waals surface area contributed by atoms with Crippen LogP contribution in [0.5, 0.6) is 0 Å². The molecule has 0 aromatic carbocycles. The topological polar surface area (TPSA) is 32.3 Å². The first-order valence-corrected chi connectivity index (χ1v) is 5.30. The predicted octanol–water partition coefficient (Wildman–Crippen LogP) is 1.10. The van der Waals surface area contributed by atoms with E-state index in [4.69, 9.17) is 0 Å². The Morgan fingerprint density at radius 2 is 2.09 bits per heavy atom. The molecule has 0 aromatic rings. The van der Waals surface area contributed by atoms with Gasteiger partial charge in [0, 0.05) is 18.3 Å². The average Bonchev–Trinajstić information content (AvgIpc) is 1.83. The number of rotatable bonds is 5. The molecule has 1 atom stereocenters. The maximum atomic E-state index is 9.37. The van der Waals surface area contributed by atoms with Gasteiger partial charge in [-0.15, -0.1) is 0 Å². The number of hydrogen-bond acceptors (Lipinski definition) is 3. The Morgan fingerprint density at radius 3 is 2.45 bits per heavy atom. The van der Waals surface area contributed by atoms with Crippen LogP contribution in [0.2, 0.25) is 0 Å². The van der Waals surface area contributed by atoms with E-state index in [1.807, 2.05) is 25.6 Å². The summed E-state index contributed by atoms with van der Waals surface area (Å²) >= 11 is 1.82. The predicted molar refractivity (Wildman–Crippen MR) is 52.1 cm³/mol. The summed E-state index contributed by atoms with van der Waals surface area (Å²) in [6.07, 6.45) is 2.09. The van der Waals surface area contributed by atoms with E-state index < -0.39 is 5.60 Å². The van der Waals surface area contributed by atoms with Gasteiger partial charge in [-0.2, -0.15) is 11.8 Å². The molecule has 0 amide bonds. The van der Waals surface area contributed by atoms with Crippen molar-refractivity contribution in [2.75, 3.05) is 18.6 Å². The third-order valence-electron chi connectivity index (χ3n) is 1.30. The molecule has 2 nitrogen and oxygen atoms in total. The standard InChI is InChI=1S/C8H19NOS/c1-7(5-11-4)9-6-8(2,3)10/h7,9-10H,5-6H2,1-4H3. The van der Waals surface area contributed by atoms with E-state index in [9.17, 15) is 5.11 Å². The summed E-state index contributed by atoms with van der Waals surface area (Å²) in [4.78, 5) is 0. The van der Waals surface area contributed by atoms with Crippen molar-refractivity contribution in [3.8, 4) is 0 Å². The minimum Gasteiger partial charge on any atom is -0.389 e. The average molecular weight is 177 g/mol. The van der Waals surface area contributed by atoms with E-state index >= 15 is 0 Å². The second-order valence-corrected chi connectivity index (χ2v) is 4.46. The highest BCUT2D eigenvalue weighted by Gasteiger charge is 2.12. The van der Waals surface area contributed by atoms with Crippen LogP contribution in [0.4, 0.5) is 0 Å². The van der Waals surface area contributed by atoms with E-state index in [-0.39, 0.29) is 0 Å². The lowest BCUT2D eigenvalue weighted by Crippen LogP contribution is -2.40. The van der Waals surface area contributed by atoms with Gasteiger partial charge in [0.1, 0.15) is 0 Å². The highest BCUT2D eigenvalue weighted by Crippen LogP contribution is 2.00. The molecular formula is C8H19NOS. The molecule has 2 N–H and O–H groups in total. The lowest BCUT2D eigenvalue weighted by Gasteiger charge is -2.21. The molecule has 1 unspecified atom stereocenters. The third kappa shape index (κ3) is 8.17. The smallest absolute Gasteiger partial charge is 0.0715 e. The quantitative estimate of drug-likeness (QED) is 0.659. The van der Waals surface area contributed by atoms with Crippen molar-refractivity contribution in [3.05, 3.63) is 0 Å². The van der Waals surface area contributed by atoms with Crippen molar-refractivity contribution in [2.45, 2.75) is 32.4 Å². The monoisotopic (exact) mass is 177 g/mol. The zero-order valence-electron chi connectivity index (χ0n) is 7.85. The van der Waals surface area contributed by atoms with Crippen LogP contribution in [0.1, 0.15) is 20.8 Å². The lowest BCUT2D eigenvalue weighted by molar-refractivity contribution is 0.0778. The zero-order valence-corrected chi connectivity index (χ0v) is 8.66. The minimum atomic E-state index is -0.591. The second-order valence-electron chi connectivity index (χ2n) is 3.55. The molecule has 0 bridgehead atoms. The fourth-order valence-corrected chi connectivity index (χ4v) is 1.35. The van der Waals surface area contributed by atoms with Crippen LogP contribution in [0, 0.1) is 0 Å². The molecule has 0 heterocycles. The first-order chi connectivity index (χ1) is 4.95. The van der Waals surface area contributed by atoms with Crippen molar-refractivity contribution in [1.29, 1.82) is 0 Å². The fourth-order valence-electron chi connectivity index (χ4n) is 0.733. The Hall–Kier alpha value is 0.270. The van der Waals surface area contributed by atoms with Crippen molar-refractivity contribution >= 4 is 11.8 Å². The molecule has 0 spiro atoms. The Kier molecular flexibility index (Phi) is 5.13. The van der Waals surface area contributed by atoms with Crippen molar-refractivity contribution in [1.82, 2.24) is 5.32 Å². The molecule has 3 heteroatoms. The summed E-state index contributed by atoms with van der Waals surface area (Å²) in [5.74, 6) is 1.09. The van der Waals surface area contributed by atoms with E-state index in [2.05, 4.69) is 18.5 Å². The van der Waals surface area contributed by atoms with Crippen LogP contribution in [0.15, 0.2) is 0 Å². The van der Waals surface area contributed by atoms with E-state index in [1.54, 1.807) is 0 Å². The Bertz CT molecular complexity index is 101. The van der Waals surface area contributed by atoms with Gasteiger partial charge in [-0.3, -0.25) is 0 Å². The summed E-state index contributed by atoms with van der Waals surface area (Å²) in [7, 11) is 0. The molecule has 0 rings (SSSR count). The van der Waals surface area contributed by atoms with Crippen molar-refractivity contribution < 1.29 is 5.11 Å². The SMILES string of the molecule is CSCC(C)NCC(C)(C)O. The number of hydrogen-bond donors (Lipinski definition) is 2. The van der Waals surface area contributed by atoms with Crippen LogP contribution in [-0.4, -0.2) is 35.3 Å². The molecule has 68 valence electrons. The Morgan fingerprint density at radius 1 is 1.55 bits per heavy atom.